The second-order valence-corrected chi connectivity index (χ2v) is 7.42. The molecule has 2 aliphatic rings. The molecule has 2 rings (SSSR count). The van der Waals surface area contributed by atoms with Crippen LogP contribution in [0.15, 0.2) is 9.93 Å². The maximum Gasteiger partial charge on any atom is 0.354 e. The van der Waals surface area contributed by atoms with Gasteiger partial charge in [0.25, 0.3) is 0 Å². The lowest BCUT2D eigenvalue weighted by molar-refractivity contribution is -0.145. The molecule has 0 radical (unpaired) electrons. The Morgan fingerprint density at radius 3 is 2.56 bits per heavy atom. The van der Waals surface area contributed by atoms with E-state index in [1.165, 1.54) is 28.4 Å². The molecule has 1 N–H and O–H groups in total. The van der Waals surface area contributed by atoms with Gasteiger partial charge in [0.1, 0.15) is 0 Å². The maximum absolute atomic E-state index is 11.6. The van der Waals surface area contributed by atoms with E-state index in [1.807, 2.05) is 6.26 Å². The molecule has 2 saturated heterocycles. The average Bonchev–Trinajstić information content (AvgIpc) is 2.62. The smallest absolute Gasteiger partial charge is 0.354 e. The van der Waals surface area contributed by atoms with Crippen molar-refractivity contribution in [1.82, 2.24) is 4.90 Å². The van der Waals surface area contributed by atoms with Crippen molar-refractivity contribution < 1.29 is 19.5 Å². The van der Waals surface area contributed by atoms with Crippen molar-refractivity contribution in [3.63, 3.8) is 0 Å². The van der Waals surface area contributed by atoms with Gasteiger partial charge in [-0.25, -0.2) is 4.79 Å². The zero-order valence-electron chi connectivity index (χ0n) is 9.71. The molecule has 0 bridgehead atoms. The Morgan fingerprint density at radius 1 is 1.50 bits per heavy atom. The number of β-lactam (4-membered cyclic amide) rings is 1. The number of likely N-dealkylation sites (tertiary alicyclic amines) is 1. The summed E-state index contributed by atoms with van der Waals surface area (Å²) in [5.74, 6) is -1.36. The second-order valence-electron chi connectivity index (χ2n) is 3.78. The van der Waals surface area contributed by atoms with E-state index in [4.69, 9.17) is 0 Å². The number of amides is 1. The van der Waals surface area contributed by atoms with E-state index in [1.54, 1.807) is 6.92 Å². The zero-order chi connectivity index (χ0) is 13.4. The van der Waals surface area contributed by atoms with Crippen LogP contribution < -0.4 is 0 Å². The van der Waals surface area contributed by atoms with Gasteiger partial charge < -0.3 is 5.11 Å². The topological polar surface area (TPSA) is 74.7 Å². The Morgan fingerprint density at radius 2 is 2.17 bits per heavy atom. The third-order valence-electron chi connectivity index (χ3n) is 2.62. The van der Waals surface area contributed by atoms with Crippen molar-refractivity contribution >= 4 is 52.3 Å². The molecule has 0 aromatic carbocycles. The van der Waals surface area contributed by atoms with E-state index in [2.05, 4.69) is 0 Å². The first-order valence-corrected chi connectivity index (χ1v) is 8.15. The molecule has 0 saturated carbocycles. The number of thioether (sulfide) groups is 3. The molecule has 98 valence electrons. The number of carboxylic acid groups (broad SMARTS) is 1. The minimum atomic E-state index is -1.15. The van der Waals surface area contributed by atoms with Gasteiger partial charge in [0.15, 0.2) is 5.70 Å². The minimum Gasteiger partial charge on any atom is -0.477 e. The predicted molar refractivity (Wildman–Crippen MR) is 73.1 cm³/mol. The summed E-state index contributed by atoms with van der Waals surface area (Å²) in [6.07, 6.45) is 2.18. The standard InChI is InChI=1S/C10H11NO4S3/c1-4-9(15)18-10(17-4)7(8(13)14)11-5(12)3-6(11)16-2/h4,6H,3H2,1-2H3,(H,13,14). The average molecular weight is 305 g/mol. The highest BCUT2D eigenvalue weighted by atomic mass is 32.2. The number of carboxylic acids is 1. The predicted octanol–water partition coefficient (Wildman–Crippen LogP) is 1.56. The minimum absolute atomic E-state index is 0.0432. The van der Waals surface area contributed by atoms with Gasteiger partial charge in [-0.15, -0.1) is 23.5 Å². The molecule has 2 unspecified atom stereocenters. The lowest BCUT2D eigenvalue weighted by Crippen LogP contribution is -2.51. The summed E-state index contributed by atoms with van der Waals surface area (Å²) >= 11 is 3.57. The molecule has 0 spiro atoms. The number of carbonyl (C=O) groups is 3. The Bertz CT molecular complexity index is 462. The number of hydrogen-bond donors (Lipinski definition) is 1. The third kappa shape index (κ3) is 2.28. The van der Waals surface area contributed by atoms with Gasteiger partial charge >= 0.3 is 5.97 Å². The molecule has 2 atom stereocenters. The van der Waals surface area contributed by atoms with Crippen molar-refractivity contribution in [3.05, 3.63) is 9.93 Å². The third-order valence-corrected chi connectivity index (χ3v) is 6.14. The van der Waals surface area contributed by atoms with E-state index < -0.39 is 5.97 Å². The monoisotopic (exact) mass is 305 g/mol. The van der Waals surface area contributed by atoms with E-state index >= 15 is 0 Å². The van der Waals surface area contributed by atoms with Gasteiger partial charge in [0, 0.05) is 0 Å². The summed E-state index contributed by atoms with van der Waals surface area (Å²) in [4.78, 5) is 35.7. The first-order valence-electron chi connectivity index (χ1n) is 5.16. The molecular formula is C10H11NO4S3. The summed E-state index contributed by atoms with van der Waals surface area (Å²) in [6.45, 7) is 1.73. The van der Waals surface area contributed by atoms with Crippen LogP contribution in [0.25, 0.3) is 0 Å². The molecular weight excluding hydrogens is 294 g/mol. The second kappa shape index (κ2) is 5.18. The molecule has 18 heavy (non-hydrogen) atoms. The fourth-order valence-electron chi connectivity index (χ4n) is 1.64. The molecule has 0 aromatic rings. The Hall–Kier alpha value is -0.600. The fraction of sp³-hybridized carbons (Fsp3) is 0.500. The fourth-order valence-corrected chi connectivity index (χ4v) is 4.89. The summed E-state index contributed by atoms with van der Waals surface area (Å²) in [5.41, 5.74) is -0.0432. The molecule has 8 heteroatoms. The van der Waals surface area contributed by atoms with Crippen LogP contribution in [0.1, 0.15) is 13.3 Å². The van der Waals surface area contributed by atoms with Crippen LogP contribution in [-0.2, 0) is 14.4 Å². The molecule has 1 amide bonds. The highest BCUT2D eigenvalue weighted by molar-refractivity contribution is 8.34. The summed E-state index contributed by atoms with van der Waals surface area (Å²) < 4.78 is 0.423. The number of hydrogen-bond acceptors (Lipinski definition) is 6. The normalized spacial score (nSPS) is 30.4. The molecule has 2 heterocycles. The number of nitrogens with zero attached hydrogens (tertiary/aromatic N) is 1. The zero-order valence-corrected chi connectivity index (χ0v) is 12.2. The lowest BCUT2D eigenvalue weighted by Gasteiger charge is -2.39. The first-order chi connectivity index (χ1) is 8.45. The Labute approximate surface area is 117 Å². The number of carbonyl (C=O) groups excluding carboxylic acids is 2. The van der Waals surface area contributed by atoms with Gasteiger partial charge in [0.2, 0.25) is 11.0 Å². The number of aliphatic carboxylic acids is 1. The molecule has 0 aliphatic carbocycles. The van der Waals surface area contributed by atoms with Crippen LogP contribution in [0.3, 0.4) is 0 Å². The summed E-state index contributed by atoms with van der Waals surface area (Å²) in [6, 6.07) is 0. The molecule has 2 fully saturated rings. The largest absolute Gasteiger partial charge is 0.477 e. The lowest BCUT2D eigenvalue weighted by atomic mass is 10.2. The first kappa shape index (κ1) is 13.8. The van der Waals surface area contributed by atoms with Gasteiger partial charge in [-0.1, -0.05) is 0 Å². The summed E-state index contributed by atoms with van der Waals surface area (Å²) in [5, 5.41) is 8.81. The van der Waals surface area contributed by atoms with Crippen molar-refractivity contribution in [3.8, 4) is 0 Å². The van der Waals surface area contributed by atoms with Crippen LogP contribution in [-0.4, -0.2) is 43.9 Å². The van der Waals surface area contributed by atoms with Crippen molar-refractivity contribution in [2.75, 3.05) is 6.26 Å². The summed E-state index contributed by atoms with van der Waals surface area (Å²) in [7, 11) is 0. The van der Waals surface area contributed by atoms with E-state index in [0.717, 1.165) is 11.8 Å². The maximum atomic E-state index is 11.6. The SMILES string of the molecule is CSC1CC(=O)N1C(C(=O)O)=C1SC(=O)C(C)S1. The molecule has 5 nitrogen and oxygen atoms in total. The molecule has 0 aromatic heterocycles. The van der Waals surface area contributed by atoms with Crippen LogP contribution in [0.5, 0.6) is 0 Å². The van der Waals surface area contributed by atoms with E-state index in [9.17, 15) is 19.5 Å². The van der Waals surface area contributed by atoms with E-state index in [0.29, 0.717) is 10.7 Å². The highest BCUT2D eigenvalue weighted by Gasteiger charge is 2.44. The van der Waals surface area contributed by atoms with Crippen molar-refractivity contribution in [2.45, 2.75) is 24.0 Å². The van der Waals surface area contributed by atoms with Gasteiger partial charge in [0.05, 0.1) is 21.3 Å². The van der Waals surface area contributed by atoms with Crippen LogP contribution >= 0.6 is 35.3 Å². The highest BCUT2D eigenvalue weighted by Crippen LogP contribution is 2.47. The van der Waals surface area contributed by atoms with Crippen LogP contribution in [0.4, 0.5) is 0 Å². The Balaban J connectivity index is 2.35. The molecule has 2 aliphatic heterocycles. The van der Waals surface area contributed by atoms with Gasteiger partial charge in [-0.2, -0.15) is 0 Å². The van der Waals surface area contributed by atoms with Gasteiger partial charge in [-0.3, -0.25) is 14.5 Å². The Kier molecular flexibility index (Phi) is 3.98. The van der Waals surface area contributed by atoms with E-state index in [-0.39, 0.29) is 27.3 Å². The quantitative estimate of drug-likeness (QED) is 0.626. The number of rotatable bonds is 3. The van der Waals surface area contributed by atoms with Crippen LogP contribution in [0, 0.1) is 0 Å². The van der Waals surface area contributed by atoms with Crippen LogP contribution in [0.2, 0.25) is 0 Å². The van der Waals surface area contributed by atoms with Gasteiger partial charge in [-0.05, 0) is 24.9 Å². The van der Waals surface area contributed by atoms with Crippen molar-refractivity contribution in [1.29, 1.82) is 0 Å². The van der Waals surface area contributed by atoms with Crippen molar-refractivity contribution in [2.24, 2.45) is 0 Å².